The van der Waals surface area contributed by atoms with Crippen LogP contribution in [0.25, 0.3) is 11.4 Å². The highest BCUT2D eigenvalue weighted by Crippen LogP contribution is 2.23. The minimum atomic E-state index is -0.0909. The highest BCUT2D eigenvalue weighted by atomic mass is 35.5. The molecule has 0 saturated carbocycles. The summed E-state index contributed by atoms with van der Waals surface area (Å²) in [4.78, 5) is 16.3. The molecule has 0 aliphatic carbocycles. The van der Waals surface area contributed by atoms with Gasteiger partial charge in [-0.2, -0.15) is 0 Å². The van der Waals surface area contributed by atoms with Gasteiger partial charge in [0.2, 0.25) is 5.91 Å². The van der Waals surface area contributed by atoms with E-state index in [0.717, 1.165) is 28.7 Å². The Bertz CT molecular complexity index is 898. The molecule has 1 unspecified atom stereocenters. The molecule has 8 heteroatoms. The van der Waals surface area contributed by atoms with Gasteiger partial charge >= 0.3 is 0 Å². The number of pyridine rings is 1. The molecular weight excluding hydrogens is 382 g/mol. The molecule has 0 fully saturated rings. The van der Waals surface area contributed by atoms with Crippen molar-refractivity contribution >= 4 is 29.3 Å². The number of carbonyl (C=O) groups excluding carboxylic acids is 1. The zero-order valence-electron chi connectivity index (χ0n) is 15.1. The molecule has 1 aromatic carbocycles. The van der Waals surface area contributed by atoms with Crippen LogP contribution in [-0.4, -0.2) is 31.4 Å². The number of nitrogens with one attached hydrogen (secondary N) is 1. The van der Waals surface area contributed by atoms with Crippen LogP contribution in [-0.2, 0) is 11.3 Å². The minimum Gasteiger partial charge on any atom is -0.349 e. The second-order valence-corrected chi connectivity index (χ2v) is 7.29. The van der Waals surface area contributed by atoms with Gasteiger partial charge in [0.05, 0.1) is 11.8 Å². The maximum Gasteiger partial charge on any atom is 0.230 e. The molecule has 1 atom stereocenters. The van der Waals surface area contributed by atoms with Gasteiger partial charge in [0.1, 0.15) is 0 Å². The number of aromatic nitrogens is 4. The molecule has 0 aliphatic rings. The molecule has 1 amide bonds. The molecule has 0 saturated heterocycles. The van der Waals surface area contributed by atoms with Crippen molar-refractivity contribution in [2.75, 3.05) is 5.75 Å². The fourth-order valence-electron chi connectivity index (χ4n) is 2.64. The van der Waals surface area contributed by atoms with E-state index in [2.05, 4.69) is 20.5 Å². The van der Waals surface area contributed by atoms with Crippen LogP contribution >= 0.6 is 23.4 Å². The first kappa shape index (κ1) is 19.4. The molecule has 27 heavy (non-hydrogen) atoms. The summed E-state index contributed by atoms with van der Waals surface area (Å²) in [5, 5.41) is 12.9. The Morgan fingerprint density at radius 3 is 2.56 bits per heavy atom. The molecule has 0 radical (unpaired) electrons. The van der Waals surface area contributed by atoms with Gasteiger partial charge in [0.25, 0.3) is 0 Å². The van der Waals surface area contributed by atoms with Crippen LogP contribution in [0.2, 0.25) is 5.02 Å². The van der Waals surface area contributed by atoms with Crippen LogP contribution in [0.5, 0.6) is 0 Å². The Balaban J connectivity index is 1.62. The second kappa shape index (κ2) is 9.01. The number of hydrogen-bond acceptors (Lipinski definition) is 5. The number of hydrogen-bond donors (Lipinski definition) is 1. The first-order valence-electron chi connectivity index (χ1n) is 8.59. The third-order valence-corrected chi connectivity index (χ3v) is 5.27. The smallest absolute Gasteiger partial charge is 0.230 e. The molecule has 1 N–H and O–H groups in total. The number of rotatable bonds is 7. The van der Waals surface area contributed by atoms with Crippen molar-refractivity contribution in [2.24, 2.45) is 0 Å². The lowest BCUT2D eigenvalue weighted by Crippen LogP contribution is -2.28. The summed E-state index contributed by atoms with van der Waals surface area (Å²) in [6.45, 7) is 4.69. The van der Waals surface area contributed by atoms with Crippen molar-refractivity contribution in [3.05, 3.63) is 59.4 Å². The Morgan fingerprint density at radius 1 is 1.19 bits per heavy atom. The zero-order chi connectivity index (χ0) is 19.2. The van der Waals surface area contributed by atoms with Crippen molar-refractivity contribution in [1.29, 1.82) is 0 Å². The summed E-state index contributed by atoms with van der Waals surface area (Å²) in [7, 11) is 0. The van der Waals surface area contributed by atoms with E-state index in [0.29, 0.717) is 5.02 Å². The van der Waals surface area contributed by atoms with Crippen LogP contribution < -0.4 is 5.32 Å². The zero-order valence-corrected chi connectivity index (χ0v) is 16.7. The first-order chi connectivity index (χ1) is 13.1. The van der Waals surface area contributed by atoms with Crippen LogP contribution in [0.4, 0.5) is 0 Å². The lowest BCUT2D eigenvalue weighted by atomic mass is 10.1. The van der Waals surface area contributed by atoms with Crippen molar-refractivity contribution in [3.8, 4) is 11.4 Å². The SMILES string of the molecule is CCn1c(SCC(=O)NC(C)c2ccc(Cl)cc2)nnc1-c1ccncc1. The molecular formula is C19H20ClN5OS. The summed E-state index contributed by atoms with van der Waals surface area (Å²) in [6, 6.07) is 11.2. The summed E-state index contributed by atoms with van der Waals surface area (Å²) < 4.78 is 2.00. The van der Waals surface area contributed by atoms with E-state index in [1.165, 1.54) is 11.8 Å². The minimum absolute atomic E-state index is 0.0569. The van der Waals surface area contributed by atoms with Gasteiger partial charge in [-0.1, -0.05) is 35.5 Å². The van der Waals surface area contributed by atoms with E-state index >= 15 is 0 Å². The van der Waals surface area contributed by atoms with Crippen molar-refractivity contribution in [3.63, 3.8) is 0 Å². The molecule has 2 aromatic heterocycles. The van der Waals surface area contributed by atoms with Crippen LogP contribution in [0, 0.1) is 0 Å². The highest BCUT2D eigenvalue weighted by molar-refractivity contribution is 7.99. The lowest BCUT2D eigenvalue weighted by Gasteiger charge is -2.14. The summed E-state index contributed by atoms with van der Waals surface area (Å²) in [5.41, 5.74) is 1.96. The number of carbonyl (C=O) groups is 1. The molecule has 0 spiro atoms. The fraction of sp³-hybridized carbons (Fsp3) is 0.263. The van der Waals surface area contributed by atoms with Crippen LogP contribution in [0.3, 0.4) is 0 Å². The third kappa shape index (κ3) is 4.87. The van der Waals surface area contributed by atoms with Gasteiger partial charge in [-0.25, -0.2) is 0 Å². The van der Waals surface area contributed by atoms with Gasteiger partial charge in [0, 0.05) is 29.5 Å². The monoisotopic (exact) mass is 401 g/mol. The van der Waals surface area contributed by atoms with E-state index in [1.54, 1.807) is 12.4 Å². The molecule has 3 rings (SSSR count). The van der Waals surface area contributed by atoms with E-state index in [1.807, 2.05) is 54.8 Å². The molecule has 0 bridgehead atoms. The summed E-state index contributed by atoms with van der Waals surface area (Å²) in [5.74, 6) is 0.989. The Morgan fingerprint density at radius 2 is 1.89 bits per heavy atom. The van der Waals surface area contributed by atoms with E-state index in [-0.39, 0.29) is 17.7 Å². The maximum absolute atomic E-state index is 12.3. The molecule has 2 heterocycles. The second-order valence-electron chi connectivity index (χ2n) is 5.92. The third-order valence-electron chi connectivity index (χ3n) is 4.05. The highest BCUT2D eigenvalue weighted by Gasteiger charge is 2.15. The Hall–Kier alpha value is -2.38. The number of benzene rings is 1. The van der Waals surface area contributed by atoms with Crippen LogP contribution in [0.15, 0.2) is 53.9 Å². The molecule has 6 nitrogen and oxygen atoms in total. The van der Waals surface area contributed by atoms with Gasteiger partial charge in [-0.05, 0) is 43.7 Å². The van der Waals surface area contributed by atoms with E-state index in [4.69, 9.17) is 11.6 Å². The van der Waals surface area contributed by atoms with Crippen molar-refractivity contribution in [1.82, 2.24) is 25.1 Å². The predicted octanol–water partition coefficient (Wildman–Crippen LogP) is 3.98. The average molecular weight is 402 g/mol. The van der Waals surface area contributed by atoms with Crippen LogP contribution in [0.1, 0.15) is 25.5 Å². The fourth-order valence-corrected chi connectivity index (χ4v) is 3.58. The van der Waals surface area contributed by atoms with E-state index < -0.39 is 0 Å². The summed E-state index contributed by atoms with van der Waals surface area (Å²) in [6.07, 6.45) is 3.45. The van der Waals surface area contributed by atoms with Crippen molar-refractivity contribution in [2.45, 2.75) is 31.6 Å². The Labute approximate surface area is 167 Å². The van der Waals surface area contributed by atoms with Gasteiger partial charge in [0.15, 0.2) is 11.0 Å². The maximum atomic E-state index is 12.3. The van der Waals surface area contributed by atoms with Crippen molar-refractivity contribution < 1.29 is 4.79 Å². The quantitative estimate of drug-likeness (QED) is 0.606. The number of nitrogens with zero attached hydrogens (tertiary/aromatic N) is 4. The first-order valence-corrected chi connectivity index (χ1v) is 9.96. The lowest BCUT2D eigenvalue weighted by molar-refractivity contribution is -0.119. The summed E-state index contributed by atoms with van der Waals surface area (Å²) >= 11 is 7.28. The predicted molar refractivity (Wildman–Crippen MR) is 108 cm³/mol. The van der Waals surface area contributed by atoms with E-state index in [9.17, 15) is 4.79 Å². The molecule has 3 aromatic rings. The van der Waals surface area contributed by atoms with Gasteiger partial charge in [-0.15, -0.1) is 10.2 Å². The van der Waals surface area contributed by atoms with Gasteiger partial charge < -0.3 is 9.88 Å². The van der Waals surface area contributed by atoms with Gasteiger partial charge in [-0.3, -0.25) is 9.78 Å². The largest absolute Gasteiger partial charge is 0.349 e. The normalized spacial score (nSPS) is 12.0. The number of thioether (sulfide) groups is 1. The standard InChI is InChI=1S/C19H20ClN5OS/c1-3-25-18(15-8-10-21-11-9-15)23-24-19(25)27-12-17(26)22-13(2)14-4-6-16(20)7-5-14/h4-11,13H,3,12H2,1-2H3,(H,22,26). The molecule has 140 valence electrons. The topological polar surface area (TPSA) is 72.7 Å². The average Bonchev–Trinajstić information content (AvgIpc) is 3.10. The Kier molecular flexibility index (Phi) is 6.47. The number of halogens is 1. The number of amides is 1. The molecule has 0 aliphatic heterocycles.